The van der Waals surface area contributed by atoms with Crippen molar-refractivity contribution in [1.29, 1.82) is 0 Å². The molecule has 0 fully saturated rings. The first kappa shape index (κ1) is 13.4. The summed E-state index contributed by atoms with van der Waals surface area (Å²) < 4.78 is 1.57. The number of hydrogen-bond donors (Lipinski definition) is 1. The van der Waals surface area contributed by atoms with Gasteiger partial charge in [0.1, 0.15) is 11.4 Å². The highest BCUT2D eigenvalue weighted by atomic mass is 32.2. The average Bonchev–Trinajstić information content (AvgIpc) is 2.68. The molecular weight excluding hydrogens is 266 g/mol. The predicted molar refractivity (Wildman–Crippen MR) is 71.5 cm³/mol. The number of nitro groups is 1. The second-order valence-corrected chi connectivity index (χ2v) is 4.91. The zero-order chi connectivity index (χ0) is 14.0. The molecule has 1 heterocycles. The summed E-state index contributed by atoms with van der Waals surface area (Å²) in [6.07, 6.45) is 0. The third-order valence-electron chi connectivity index (χ3n) is 2.60. The van der Waals surface area contributed by atoms with Crippen molar-refractivity contribution in [3.63, 3.8) is 0 Å². The Balaban J connectivity index is 2.50. The molecule has 0 radical (unpaired) electrons. The van der Waals surface area contributed by atoms with E-state index in [1.54, 1.807) is 35.9 Å². The van der Waals surface area contributed by atoms with Crippen LogP contribution in [0.25, 0.3) is 0 Å². The Kier molecular flexibility index (Phi) is 3.75. The average molecular weight is 279 g/mol. The minimum absolute atomic E-state index is 0.00453. The van der Waals surface area contributed by atoms with Crippen LogP contribution in [0.4, 0.5) is 5.69 Å². The van der Waals surface area contributed by atoms with Gasteiger partial charge in [0.05, 0.1) is 9.82 Å². The smallest absolute Gasteiger partial charge is 0.324 e. The molecule has 6 nitrogen and oxygen atoms in total. The highest BCUT2D eigenvalue weighted by molar-refractivity contribution is 7.99. The summed E-state index contributed by atoms with van der Waals surface area (Å²) in [4.78, 5) is 11.3. The van der Waals surface area contributed by atoms with Gasteiger partial charge < -0.3 is 5.11 Å². The van der Waals surface area contributed by atoms with Crippen LogP contribution in [0.3, 0.4) is 0 Å². The Bertz CT molecular complexity index is 625. The van der Waals surface area contributed by atoms with Gasteiger partial charge in [0, 0.05) is 6.54 Å². The zero-order valence-electron chi connectivity index (χ0n) is 10.5. The van der Waals surface area contributed by atoms with Gasteiger partial charge in [0.2, 0.25) is 0 Å². The Hall–Kier alpha value is -2.02. The van der Waals surface area contributed by atoms with Gasteiger partial charge in [-0.25, -0.2) is 0 Å². The van der Waals surface area contributed by atoms with Gasteiger partial charge in [-0.05, 0) is 26.0 Å². The van der Waals surface area contributed by atoms with Crippen molar-refractivity contribution in [2.75, 3.05) is 0 Å². The van der Waals surface area contributed by atoms with E-state index >= 15 is 0 Å². The molecule has 0 aliphatic carbocycles. The van der Waals surface area contributed by atoms with E-state index in [0.29, 0.717) is 22.2 Å². The van der Waals surface area contributed by atoms with Gasteiger partial charge in [-0.2, -0.15) is 5.10 Å². The fourth-order valence-electron chi connectivity index (χ4n) is 1.72. The van der Waals surface area contributed by atoms with Crippen LogP contribution in [-0.2, 0) is 6.54 Å². The van der Waals surface area contributed by atoms with E-state index in [1.165, 1.54) is 0 Å². The molecule has 0 saturated carbocycles. The SMILES string of the molecule is CCn1nc(C)c([N+](=O)[O-])c1Sc1ccccc1O. The van der Waals surface area contributed by atoms with Gasteiger partial charge in [0.25, 0.3) is 0 Å². The molecule has 19 heavy (non-hydrogen) atoms. The van der Waals surface area contributed by atoms with E-state index in [4.69, 9.17) is 0 Å². The molecule has 1 aromatic carbocycles. The molecule has 0 amide bonds. The molecule has 0 atom stereocenters. The van der Waals surface area contributed by atoms with E-state index in [9.17, 15) is 15.2 Å². The Morgan fingerprint density at radius 3 is 2.74 bits per heavy atom. The third kappa shape index (κ3) is 2.55. The maximum Gasteiger partial charge on any atom is 0.324 e. The molecule has 2 aromatic rings. The van der Waals surface area contributed by atoms with Crippen LogP contribution in [0.5, 0.6) is 5.75 Å². The van der Waals surface area contributed by atoms with Crippen LogP contribution in [0.2, 0.25) is 0 Å². The molecule has 1 aromatic heterocycles. The number of phenolic OH excluding ortho intramolecular Hbond substituents is 1. The number of rotatable bonds is 4. The van der Waals surface area contributed by atoms with Crippen molar-refractivity contribution in [1.82, 2.24) is 9.78 Å². The lowest BCUT2D eigenvalue weighted by Gasteiger charge is -2.05. The highest BCUT2D eigenvalue weighted by Crippen LogP contribution is 2.40. The number of aromatic nitrogens is 2. The van der Waals surface area contributed by atoms with Gasteiger partial charge in [0.15, 0.2) is 5.03 Å². The first-order valence-electron chi connectivity index (χ1n) is 5.72. The first-order valence-corrected chi connectivity index (χ1v) is 6.54. The zero-order valence-corrected chi connectivity index (χ0v) is 11.3. The molecule has 0 bridgehead atoms. The fraction of sp³-hybridized carbons (Fsp3) is 0.250. The van der Waals surface area contributed by atoms with Crippen LogP contribution < -0.4 is 0 Å². The van der Waals surface area contributed by atoms with Gasteiger partial charge >= 0.3 is 5.69 Å². The van der Waals surface area contributed by atoms with Gasteiger partial charge in [-0.3, -0.25) is 14.8 Å². The number of aryl methyl sites for hydroxylation is 2. The largest absolute Gasteiger partial charge is 0.507 e. The van der Waals surface area contributed by atoms with E-state index < -0.39 is 4.92 Å². The quantitative estimate of drug-likeness (QED) is 0.687. The molecule has 2 rings (SSSR count). The topological polar surface area (TPSA) is 81.2 Å². The van der Waals surface area contributed by atoms with Crippen molar-refractivity contribution in [2.45, 2.75) is 30.3 Å². The lowest BCUT2D eigenvalue weighted by atomic mass is 10.3. The second kappa shape index (κ2) is 5.31. The summed E-state index contributed by atoms with van der Waals surface area (Å²) in [6, 6.07) is 6.74. The molecule has 0 unspecified atom stereocenters. The minimum Gasteiger partial charge on any atom is -0.507 e. The number of hydrogen-bond acceptors (Lipinski definition) is 5. The summed E-state index contributed by atoms with van der Waals surface area (Å²) in [5.41, 5.74) is 0.375. The Labute approximate surface area is 114 Å². The minimum atomic E-state index is -0.434. The normalized spacial score (nSPS) is 10.6. The maximum atomic E-state index is 11.1. The summed E-state index contributed by atoms with van der Waals surface area (Å²) in [7, 11) is 0. The molecule has 0 aliphatic rings. The number of phenols is 1. The molecule has 0 spiro atoms. The standard InChI is InChI=1S/C12H13N3O3S/c1-3-14-12(11(15(17)18)8(2)13-14)19-10-7-5-4-6-9(10)16/h4-7,16H,3H2,1-2H3. The van der Waals surface area contributed by atoms with E-state index in [2.05, 4.69) is 5.10 Å². The van der Waals surface area contributed by atoms with Crippen molar-refractivity contribution >= 4 is 17.4 Å². The maximum absolute atomic E-state index is 11.1. The van der Waals surface area contributed by atoms with Crippen molar-refractivity contribution in [3.8, 4) is 5.75 Å². The predicted octanol–water partition coefficient (Wildman–Crippen LogP) is 2.98. The molecule has 0 saturated heterocycles. The molecule has 1 N–H and O–H groups in total. The number of benzene rings is 1. The van der Waals surface area contributed by atoms with Gasteiger partial charge in [-0.1, -0.05) is 23.9 Å². The number of nitrogens with zero attached hydrogens (tertiary/aromatic N) is 3. The summed E-state index contributed by atoms with van der Waals surface area (Å²) in [5, 5.41) is 25.5. The van der Waals surface area contributed by atoms with E-state index in [0.717, 1.165) is 11.8 Å². The lowest BCUT2D eigenvalue weighted by molar-refractivity contribution is -0.388. The Morgan fingerprint density at radius 2 is 2.16 bits per heavy atom. The van der Waals surface area contributed by atoms with E-state index in [-0.39, 0.29) is 11.4 Å². The third-order valence-corrected chi connectivity index (χ3v) is 3.77. The number of aromatic hydroxyl groups is 1. The molecule has 0 aliphatic heterocycles. The summed E-state index contributed by atoms with van der Waals surface area (Å²) >= 11 is 1.15. The number of para-hydroxylation sites is 1. The van der Waals surface area contributed by atoms with E-state index in [1.807, 2.05) is 6.92 Å². The van der Waals surface area contributed by atoms with Gasteiger partial charge in [-0.15, -0.1) is 0 Å². The van der Waals surface area contributed by atoms with Crippen LogP contribution in [0.1, 0.15) is 12.6 Å². The van der Waals surface area contributed by atoms with Crippen LogP contribution in [0, 0.1) is 17.0 Å². The van der Waals surface area contributed by atoms with Crippen LogP contribution in [-0.4, -0.2) is 19.8 Å². The Morgan fingerprint density at radius 1 is 1.47 bits per heavy atom. The molecular formula is C12H13N3O3S. The van der Waals surface area contributed by atoms with Crippen molar-refractivity contribution < 1.29 is 10.0 Å². The van der Waals surface area contributed by atoms with Crippen LogP contribution >= 0.6 is 11.8 Å². The summed E-state index contributed by atoms with van der Waals surface area (Å²) in [6.45, 7) is 4.01. The lowest BCUT2D eigenvalue weighted by Crippen LogP contribution is -1.99. The molecule has 100 valence electrons. The fourth-order valence-corrected chi connectivity index (χ4v) is 2.85. The van der Waals surface area contributed by atoms with Crippen LogP contribution in [0.15, 0.2) is 34.2 Å². The monoisotopic (exact) mass is 279 g/mol. The van der Waals surface area contributed by atoms with Crippen molar-refractivity contribution in [3.05, 3.63) is 40.1 Å². The van der Waals surface area contributed by atoms with Crippen molar-refractivity contribution in [2.24, 2.45) is 0 Å². The summed E-state index contributed by atoms with van der Waals surface area (Å²) in [5.74, 6) is 0.100. The molecule has 7 heteroatoms. The second-order valence-electron chi connectivity index (χ2n) is 3.88. The first-order chi connectivity index (χ1) is 9.04. The highest BCUT2D eigenvalue weighted by Gasteiger charge is 2.26.